The zero-order chi connectivity index (χ0) is 14.5. The van der Waals surface area contributed by atoms with Crippen LogP contribution in [0.3, 0.4) is 0 Å². The third kappa shape index (κ3) is 3.94. The Balaban J connectivity index is 2.05. The third-order valence-electron chi connectivity index (χ3n) is 4.27. The van der Waals surface area contributed by atoms with E-state index in [-0.39, 0.29) is 10.8 Å². The molecule has 1 aromatic rings. The highest BCUT2D eigenvalue weighted by Gasteiger charge is 2.22. The molecule has 0 radical (unpaired) electrons. The molecule has 2 atom stereocenters. The topological polar surface area (TPSA) is 15.3 Å². The first-order chi connectivity index (χ1) is 9.61. The molecular weight excluding hydrogens is 275 g/mol. The van der Waals surface area contributed by atoms with Crippen LogP contribution in [0.2, 0.25) is 5.02 Å². The first kappa shape index (κ1) is 15.7. The van der Waals surface area contributed by atoms with Crippen molar-refractivity contribution in [3.8, 4) is 0 Å². The number of halogens is 2. The van der Waals surface area contributed by atoms with E-state index in [4.69, 9.17) is 11.6 Å². The summed E-state index contributed by atoms with van der Waals surface area (Å²) in [5, 5.41) is 3.83. The number of rotatable bonds is 4. The van der Waals surface area contributed by atoms with Gasteiger partial charge in [0.15, 0.2) is 0 Å². The summed E-state index contributed by atoms with van der Waals surface area (Å²) < 4.78 is 14.0. The van der Waals surface area contributed by atoms with E-state index in [1.54, 1.807) is 6.07 Å². The monoisotopic (exact) mass is 298 g/mol. The molecular formula is C16H24ClFN2. The normalized spacial score (nSPS) is 22.5. The summed E-state index contributed by atoms with van der Waals surface area (Å²) in [5.74, 6) is 0.367. The molecule has 1 aliphatic rings. The van der Waals surface area contributed by atoms with Crippen molar-refractivity contribution < 1.29 is 4.39 Å². The van der Waals surface area contributed by atoms with E-state index in [1.807, 2.05) is 12.1 Å². The van der Waals surface area contributed by atoms with Crippen molar-refractivity contribution in [3.05, 3.63) is 34.6 Å². The van der Waals surface area contributed by atoms with Crippen LogP contribution in [0.5, 0.6) is 0 Å². The second-order valence-corrected chi connectivity index (χ2v) is 6.15. The van der Waals surface area contributed by atoms with Crippen molar-refractivity contribution in [2.75, 3.05) is 19.6 Å². The van der Waals surface area contributed by atoms with Gasteiger partial charge >= 0.3 is 0 Å². The van der Waals surface area contributed by atoms with Crippen molar-refractivity contribution in [3.63, 3.8) is 0 Å². The molecule has 1 fully saturated rings. The van der Waals surface area contributed by atoms with Gasteiger partial charge in [-0.25, -0.2) is 4.39 Å². The Labute approximate surface area is 126 Å². The first-order valence-electron chi connectivity index (χ1n) is 7.50. The van der Waals surface area contributed by atoms with E-state index >= 15 is 0 Å². The van der Waals surface area contributed by atoms with Gasteiger partial charge in [0.1, 0.15) is 5.82 Å². The van der Waals surface area contributed by atoms with Crippen molar-refractivity contribution in [1.82, 2.24) is 10.2 Å². The Bertz CT molecular complexity index is 438. The lowest BCUT2D eigenvalue weighted by molar-refractivity contribution is 0.229. The quantitative estimate of drug-likeness (QED) is 0.912. The van der Waals surface area contributed by atoms with Gasteiger partial charge < -0.3 is 5.32 Å². The maximum atomic E-state index is 14.0. The maximum Gasteiger partial charge on any atom is 0.146 e. The minimum atomic E-state index is -0.272. The van der Waals surface area contributed by atoms with E-state index < -0.39 is 0 Å². The highest BCUT2D eigenvalue weighted by molar-refractivity contribution is 6.30. The van der Waals surface area contributed by atoms with E-state index in [0.29, 0.717) is 24.1 Å². The predicted octanol–water partition coefficient (Wildman–Crippen LogP) is 3.69. The molecule has 0 spiro atoms. The Kier molecular flexibility index (Phi) is 5.82. The van der Waals surface area contributed by atoms with Crippen molar-refractivity contribution in [1.29, 1.82) is 0 Å². The van der Waals surface area contributed by atoms with Crippen LogP contribution >= 0.6 is 11.6 Å². The smallest absolute Gasteiger partial charge is 0.146 e. The lowest BCUT2D eigenvalue weighted by atomic mass is 9.99. The average molecular weight is 299 g/mol. The van der Waals surface area contributed by atoms with E-state index in [0.717, 1.165) is 32.5 Å². The minimum absolute atomic E-state index is 0.217. The van der Waals surface area contributed by atoms with Gasteiger partial charge in [0.2, 0.25) is 0 Å². The summed E-state index contributed by atoms with van der Waals surface area (Å²) in [4.78, 5) is 2.34. The second kappa shape index (κ2) is 7.39. The average Bonchev–Trinajstić information content (AvgIpc) is 2.68. The number of benzene rings is 1. The zero-order valence-electron chi connectivity index (χ0n) is 12.3. The molecule has 2 nitrogen and oxygen atoms in total. The summed E-state index contributed by atoms with van der Waals surface area (Å²) >= 11 is 5.86. The summed E-state index contributed by atoms with van der Waals surface area (Å²) in [6, 6.07) is 5.75. The molecule has 1 heterocycles. The highest BCUT2D eigenvalue weighted by Crippen LogP contribution is 2.20. The summed E-state index contributed by atoms with van der Waals surface area (Å²) in [6.07, 6.45) is 2.27. The van der Waals surface area contributed by atoms with Crippen LogP contribution in [-0.4, -0.2) is 30.6 Å². The first-order valence-corrected chi connectivity index (χ1v) is 7.88. The van der Waals surface area contributed by atoms with Gasteiger partial charge in [0.05, 0.1) is 5.02 Å². The molecule has 2 unspecified atom stereocenters. The molecule has 0 saturated carbocycles. The van der Waals surface area contributed by atoms with Crippen LogP contribution in [0, 0.1) is 11.7 Å². The van der Waals surface area contributed by atoms with E-state index in [9.17, 15) is 4.39 Å². The molecule has 0 amide bonds. The van der Waals surface area contributed by atoms with Crippen LogP contribution in [-0.2, 0) is 6.54 Å². The molecule has 4 heteroatoms. The molecule has 1 aromatic carbocycles. The Morgan fingerprint density at radius 3 is 3.05 bits per heavy atom. The molecule has 0 aliphatic carbocycles. The lowest BCUT2D eigenvalue weighted by Gasteiger charge is -2.28. The summed E-state index contributed by atoms with van der Waals surface area (Å²) in [5.41, 5.74) is 0.697. The molecule has 1 aliphatic heterocycles. The van der Waals surface area contributed by atoms with E-state index in [1.165, 1.54) is 0 Å². The van der Waals surface area contributed by atoms with Gasteiger partial charge in [-0.05, 0) is 31.5 Å². The van der Waals surface area contributed by atoms with Crippen molar-refractivity contribution in [2.24, 2.45) is 5.92 Å². The molecule has 1 N–H and O–H groups in total. The Morgan fingerprint density at radius 2 is 2.30 bits per heavy atom. The Morgan fingerprint density at radius 1 is 1.50 bits per heavy atom. The molecule has 1 saturated heterocycles. The highest BCUT2D eigenvalue weighted by atomic mass is 35.5. The van der Waals surface area contributed by atoms with Crippen LogP contribution in [0.15, 0.2) is 18.2 Å². The van der Waals surface area contributed by atoms with Crippen LogP contribution in [0.25, 0.3) is 0 Å². The van der Waals surface area contributed by atoms with Gasteiger partial charge in [0.25, 0.3) is 0 Å². The van der Waals surface area contributed by atoms with Gasteiger partial charge in [0, 0.05) is 24.7 Å². The summed E-state index contributed by atoms with van der Waals surface area (Å²) in [7, 11) is 0. The second-order valence-electron chi connectivity index (χ2n) is 5.75. The number of nitrogens with zero attached hydrogens (tertiary/aromatic N) is 1. The van der Waals surface area contributed by atoms with Gasteiger partial charge in [-0.2, -0.15) is 0 Å². The van der Waals surface area contributed by atoms with Crippen molar-refractivity contribution >= 4 is 11.6 Å². The zero-order valence-corrected chi connectivity index (χ0v) is 13.1. The van der Waals surface area contributed by atoms with Gasteiger partial charge in [-0.1, -0.05) is 44.0 Å². The van der Waals surface area contributed by atoms with Gasteiger partial charge in [-0.15, -0.1) is 0 Å². The molecule has 20 heavy (non-hydrogen) atoms. The van der Waals surface area contributed by atoms with E-state index in [2.05, 4.69) is 24.1 Å². The van der Waals surface area contributed by atoms with Crippen LogP contribution in [0.1, 0.15) is 32.3 Å². The van der Waals surface area contributed by atoms with Crippen LogP contribution in [0.4, 0.5) is 4.39 Å². The largest absolute Gasteiger partial charge is 0.312 e. The molecule has 0 aromatic heterocycles. The fraction of sp³-hybridized carbons (Fsp3) is 0.625. The fourth-order valence-corrected chi connectivity index (χ4v) is 2.94. The Hall–Kier alpha value is -0.640. The summed E-state index contributed by atoms with van der Waals surface area (Å²) in [6.45, 7) is 8.16. The van der Waals surface area contributed by atoms with Gasteiger partial charge in [-0.3, -0.25) is 4.90 Å². The SMILES string of the molecule is CCC(C)C1CN(Cc2cccc(Cl)c2F)CCCN1. The van der Waals surface area contributed by atoms with Crippen molar-refractivity contribution in [2.45, 2.75) is 39.3 Å². The standard InChI is InChI=1S/C16H24ClFN2/c1-3-12(2)15-11-20(9-5-8-19-15)10-13-6-4-7-14(17)16(13)18/h4,6-7,12,15,19H,3,5,8-11H2,1-2H3. The van der Waals surface area contributed by atoms with Crippen LogP contribution < -0.4 is 5.32 Å². The minimum Gasteiger partial charge on any atom is -0.312 e. The molecule has 0 bridgehead atoms. The predicted molar refractivity (Wildman–Crippen MR) is 82.5 cm³/mol. The number of hydrogen-bond donors (Lipinski definition) is 1. The number of nitrogens with one attached hydrogen (secondary N) is 1. The lowest BCUT2D eigenvalue weighted by Crippen LogP contribution is -2.41. The fourth-order valence-electron chi connectivity index (χ4n) is 2.74. The molecule has 112 valence electrons. The third-order valence-corrected chi connectivity index (χ3v) is 4.56. The maximum absolute atomic E-state index is 14.0. The molecule has 2 rings (SSSR count). The number of hydrogen-bond acceptors (Lipinski definition) is 2.